The molecule has 0 saturated carbocycles. The Hall–Kier alpha value is -2.76. The van der Waals surface area contributed by atoms with Gasteiger partial charge in [0.2, 0.25) is 0 Å². The van der Waals surface area contributed by atoms with Crippen molar-refractivity contribution in [3.8, 4) is 0 Å². The molecule has 3 atom stereocenters. The highest BCUT2D eigenvalue weighted by Gasteiger charge is 2.38. The molecule has 1 aliphatic carbocycles. The Morgan fingerprint density at radius 2 is 1.80 bits per heavy atom. The van der Waals surface area contributed by atoms with Crippen molar-refractivity contribution in [2.24, 2.45) is 5.92 Å². The summed E-state index contributed by atoms with van der Waals surface area (Å²) in [4.78, 5) is 0.271. The third-order valence-electron chi connectivity index (χ3n) is 5.88. The number of para-hydroxylation sites is 1. The van der Waals surface area contributed by atoms with Crippen molar-refractivity contribution in [1.82, 2.24) is 0 Å². The van der Waals surface area contributed by atoms with Gasteiger partial charge in [0.1, 0.15) is 0 Å². The molecule has 6 heteroatoms. The fraction of sp³-hybridized carbons (Fsp3) is 0.167. The van der Waals surface area contributed by atoms with Gasteiger partial charge in [-0.1, -0.05) is 54.1 Å². The molecule has 152 valence electrons. The van der Waals surface area contributed by atoms with E-state index in [2.05, 4.69) is 28.3 Å². The fourth-order valence-electron chi connectivity index (χ4n) is 4.49. The summed E-state index contributed by atoms with van der Waals surface area (Å²) in [6.07, 6.45) is 5.32. The van der Waals surface area contributed by atoms with E-state index in [9.17, 15) is 8.42 Å². The highest BCUT2D eigenvalue weighted by atomic mass is 35.5. The maximum atomic E-state index is 12.9. The Kier molecular flexibility index (Phi) is 4.80. The number of nitrogens with one attached hydrogen (secondary N) is 2. The predicted octanol–water partition coefficient (Wildman–Crippen LogP) is 5.97. The van der Waals surface area contributed by atoms with Gasteiger partial charge in [-0.15, -0.1) is 0 Å². The molecule has 1 heterocycles. The molecule has 0 bridgehead atoms. The number of anilines is 2. The monoisotopic (exact) mass is 436 g/mol. The van der Waals surface area contributed by atoms with Gasteiger partial charge in [-0.3, -0.25) is 4.72 Å². The van der Waals surface area contributed by atoms with Crippen molar-refractivity contribution in [1.29, 1.82) is 0 Å². The lowest BCUT2D eigenvalue weighted by Crippen LogP contribution is -2.29. The number of hydrogen-bond donors (Lipinski definition) is 2. The number of hydrogen-bond acceptors (Lipinski definition) is 3. The predicted molar refractivity (Wildman–Crippen MR) is 121 cm³/mol. The Labute approximate surface area is 181 Å². The molecule has 2 N–H and O–H groups in total. The number of allylic oxidation sites excluding steroid dienone is 2. The van der Waals surface area contributed by atoms with Crippen LogP contribution in [-0.2, 0) is 10.0 Å². The molecule has 3 aromatic rings. The Bertz CT molecular complexity index is 1220. The first-order valence-electron chi connectivity index (χ1n) is 9.92. The second-order valence-corrected chi connectivity index (χ2v) is 9.87. The highest BCUT2D eigenvalue weighted by molar-refractivity contribution is 7.92. The molecule has 0 amide bonds. The van der Waals surface area contributed by atoms with Gasteiger partial charge in [0.05, 0.1) is 10.9 Å². The normalized spacial score (nSPS) is 22.1. The van der Waals surface area contributed by atoms with Crippen LogP contribution < -0.4 is 10.0 Å². The Morgan fingerprint density at radius 3 is 2.60 bits per heavy atom. The first-order valence-corrected chi connectivity index (χ1v) is 11.8. The molecule has 1 aliphatic heterocycles. The van der Waals surface area contributed by atoms with Gasteiger partial charge >= 0.3 is 0 Å². The van der Waals surface area contributed by atoms with Gasteiger partial charge in [0.15, 0.2) is 0 Å². The lowest BCUT2D eigenvalue weighted by Gasteiger charge is -2.37. The first kappa shape index (κ1) is 19.2. The summed E-state index contributed by atoms with van der Waals surface area (Å²) in [6.45, 7) is 0. The van der Waals surface area contributed by atoms with Crippen molar-refractivity contribution >= 4 is 33.0 Å². The number of fused-ring (bicyclic) bond motifs is 3. The summed E-state index contributed by atoms with van der Waals surface area (Å²) in [7, 11) is -3.67. The van der Waals surface area contributed by atoms with Crippen LogP contribution in [0, 0.1) is 5.92 Å². The van der Waals surface area contributed by atoms with Crippen molar-refractivity contribution in [3.05, 3.63) is 101 Å². The summed E-state index contributed by atoms with van der Waals surface area (Å²) >= 11 is 6.23. The number of sulfonamides is 1. The third kappa shape index (κ3) is 3.48. The van der Waals surface area contributed by atoms with E-state index in [0.717, 1.165) is 28.3 Å². The second kappa shape index (κ2) is 7.49. The van der Waals surface area contributed by atoms with Crippen LogP contribution in [0.5, 0.6) is 0 Å². The van der Waals surface area contributed by atoms with Crippen LogP contribution in [0.15, 0.2) is 89.8 Å². The van der Waals surface area contributed by atoms with E-state index in [1.165, 1.54) is 0 Å². The zero-order valence-electron chi connectivity index (χ0n) is 16.1. The zero-order valence-corrected chi connectivity index (χ0v) is 17.7. The zero-order chi connectivity index (χ0) is 20.7. The molecule has 0 fully saturated rings. The first-order chi connectivity index (χ1) is 14.5. The van der Waals surface area contributed by atoms with Crippen LogP contribution in [0.3, 0.4) is 0 Å². The van der Waals surface area contributed by atoms with Crippen molar-refractivity contribution in [2.75, 3.05) is 10.0 Å². The molecular formula is C24H21ClN2O2S. The molecular weight excluding hydrogens is 416 g/mol. The van der Waals surface area contributed by atoms with Crippen LogP contribution in [0.1, 0.15) is 29.5 Å². The van der Waals surface area contributed by atoms with Crippen molar-refractivity contribution in [3.63, 3.8) is 0 Å². The molecule has 0 spiro atoms. The molecule has 0 aromatic heterocycles. The van der Waals surface area contributed by atoms with Gasteiger partial charge in [-0.25, -0.2) is 8.42 Å². The van der Waals surface area contributed by atoms with Gasteiger partial charge in [-0.05, 0) is 65.9 Å². The lowest BCUT2D eigenvalue weighted by atomic mass is 9.77. The second-order valence-electron chi connectivity index (χ2n) is 7.75. The quantitative estimate of drug-likeness (QED) is 0.495. The van der Waals surface area contributed by atoms with Gasteiger partial charge in [0, 0.05) is 22.3 Å². The highest BCUT2D eigenvalue weighted by Crippen LogP contribution is 2.50. The summed E-state index contributed by atoms with van der Waals surface area (Å²) in [6, 6.07) is 22.3. The standard InChI is InChI=1S/C24H21ClN2O2S/c25-17-7-4-6-16(14-17)24-21-11-5-10-20(21)22-15-19(12-13-23(22)26-24)30(28,29)27-18-8-2-1-3-9-18/h1-10,12-15,20-21,24,26-27H,11H2/t20-,21+,24+/m0/s1. The molecule has 0 saturated heterocycles. The topological polar surface area (TPSA) is 58.2 Å². The van der Waals surface area contributed by atoms with E-state index >= 15 is 0 Å². The average Bonchev–Trinajstić information content (AvgIpc) is 3.23. The number of rotatable bonds is 4. The summed E-state index contributed by atoms with van der Waals surface area (Å²) < 4.78 is 28.5. The van der Waals surface area contributed by atoms with E-state index in [1.807, 2.05) is 30.3 Å². The SMILES string of the molecule is O=S(=O)(Nc1ccccc1)c1ccc2c(c1)[C@H]1C=CC[C@H]1[C@@H](c1cccc(Cl)c1)N2. The maximum absolute atomic E-state index is 12.9. The molecule has 2 aliphatic rings. The minimum Gasteiger partial charge on any atom is -0.378 e. The largest absolute Gasteiger partial charge is 0.378 e. The van der Waals surface area contributed by atoms with Gasteiger partial charge in [0.25, 0.3) is 10.0 Å². The fourth-order valence-corrected chi connectivity index (χ4v) is 5.78. The maximum Gasteiger partial charge on any atom is 0.261 e. The van der Waals surface area contributed by atoms with Gasteiger partial charge < -0.3 is 5.32 Å². The molecule has 0 radical (unpaired) electrons. The smallest absolute Gasteiger partial charge is 0.261 e. The third-order valence-corrected chi connectivity index (χ3v) is 7.49. The van der Waals surface area contributed by atoms with Gasteiger partial charge in [-0.2, -0.15) is 0 Å². The Balaban J connectivity index is 1.50. The number of halogens is 1. The van der Waals surface area contributed by atoms with E-state index in [-0.39, 0.29) is 16.9 Å². The van der Waals surface area contributed by atoms with Crippen LogP contribution in [0.4, 0.5) is 11.4 Å². The van der Waals surface area contributed by atoms with Crippen molar-refractivity contribution in [2.45, 2.75) is 23.3 Å². The number of benzene rings is 3. The van der Waals surface area contributed by atoms with E-state index in [1.54, 1.807) is 36.4 Å². The van der Waals surface area contributed by atoms with E-state index in [4.69, 9.17) is 11.6 Å². The molecule has 3 aromatic carbocycles. The molecule has 30 heavy (non-hydrogen) atoms. The Morgan fingerprint density at radius 1 is 0.967 bits per heavy atom. The summed E-state index contributed by atoms with van der Waals surface area (Å²) in [5.74, 6) is 0.480. The summed E-state index contributed by atoms with van der Waals surface area (Å²) in [5.41, 5.74) is 3.68. The molecule has 0 unspecified atom stereocenters. The minimum absolute atomic E-state index is 0.126. The van der Waals surface area contributed by atoms with E-state index in [0.29, 0.717) is 11.6 Å². The van der Waals surface area contributed by atoms with Crippen LogP contribution in [-0.4, -0.2) is 8.42 Å². The van der Waals surface area contributed by atoms with Crippen molar-refractivity contribution < 1.29 is 8.42 Å². The van der Waals surface area contributed by atoms with Crippen LogP contribution >= 0.6 is 11.6 Å². The molecule has 4 nitrogen and oxygen atoms in total. The summed E-state index contributed by atoms with van der Waals surface area (Å²) in [5, 5.41) is 4.34. The van der Waals surface area contributed by atoms with Crippen LogP contribution in [0.25, 0.3) is 0 Å². The van der Waals surface area contributed by atoms with E-state index < -0.39 is 10.0 Å². The average molecular weight is 437 g/mol. The lowest BCUT2D eigenvalue weighted by molar-refractivity contribution is 0.425. The molecule has 5 rings (SSSR count). The minimum atomic E-state index is -3.67. The van der Waals surface area contributed by atoms with Crippen LogP contribution in [0.2, 0.25) is 5.02 Å².